The highest BCUT2D eigenvalue weighted by molar-refractivity contribution is 5.86. The Labute approximate surface area is 174 Å². The molecule has 0 fully saturated rings. The summed E-state index contributed by atoms with van der Waals surface area (Å²) in [5.74, 6) is 6.94. The quantitative estimate of drug-likeness (QED) is 0.511. The van der Waals surface area contributed by atoms with Crippen molar-refractivity contribution in [2.75, 3.05) is 12.3 Å². The molecular formula is C20H27N7O3. The van der Waals surface area contributed by atoms with Gasteiger partial charge >= 0.3 is 0 Å². The van der Waals surface area contributed by atoms with Gasteiger partial charge in [-0.05, 0) is 42.9 Å². The van der Waals surface area contributed by atoms with Crippen LogP contribution in [0.25, 0.3) is 22.6 Å². The number of fused-ring (bicyclic) bond motifs is 1. The summed E-state index contributed by atoms with van der Waals surface area (Å²) in [6.07, 6.45) is 0. The van der Waals surface area contributed by atoms with E-state index in [4.69, 9.17) is 20.8 Å². The molecule has 0 bridgehead atoms. The molecule has 3 heterocycles. The van der Waals surface area contributed by atoms with E-state index in [9.17, 15) is 5.11 Å². The molecular weight excluding hydrogens is 386 g/mol. The molecule has 30 heavy (non-hydrogen) atoms. The van der Waals surface area contributed by atoms with Crippen molar-refractivity contribution in [3.05, 3.63) is 11.8 Å². The zero-order chi connectivity index (χ0) is 22.1. The minimum atomic E-state index is -1.19. The fourth-order valence-corrected chi connectivity index (χ4v) is 2.70. The van der Waals surface area contributed by atoms with Gasteiger partial charge in [0.1, 0.15) is 23.4 Å². The highest BCUT2D eigenvalue weighted by Crippen LogP contribution is 2.29. The number of imidazole rings is 1. The highest BCUT2D eigenvalue weighted by atomic mass is 16.6. The van der Waals surface area contributed by atoms with Crippen molar-refractivity contribution in [1.29, 1.82) is 0 Å². The summed E-state index contributed by atoms with van der Waals surface area (Å²) in [5, 5.41) is 17.5. The topological polar surface area (TPSA) is 151 Å². The van der Waals surface area contributed by atoms with Gasteiger partial charge in [0, 0.05) is 18.7 Å². The first-order valence-corrected chi connectivity index (χ1v) is 9.74. The highest BCUT2D eigenvalue weighted by Gasteiger charge is 2.22. The molecule has 0 saturated carbocycles. The maximum Gasteiger partial charge on any atom is 0.216 e. The number of aromatic nitrogens is 5. The van der Waals surface area contributed by atoms with Crippen molar-refractivity contribution in [1.82, 2.24) is 24.8 Å². The second-order valence-electron chi connectivity index (χ2n) is 7.88. The first-order valence-electron chi connectivity index (χ1n) is 9.74. The van der Waals surface area contributed by atoms with Crippen molar-refractivity contribution >= 4 is 16.9 Å². The van der Waals surface area contributed by atoms with Crippen LogP contribution < -0.4 is 16.2 Å². The maximum atomic E-state index is 10.0. The number of nitrogen functional groups attached to an aromatic ring is 1. The molecule has 10 heteroatoms. The van der Waals surface area contributed by atoms with E-state index in [1.165, 1.54) is 0 Å². The number of pyridine rings is 1. The van der Waals surface area contributed by atoms with Gasteiger partial charge in [0.05, 0.1) is 5.52 Å². The van der Waals surface area contributed by atoms with Gasteiger partial charge in [-0.2, -0.15) is 0 Å². The van der Waals surface area contributed by atoms with Gasteiger partial charge in [-0.25, -0.2) is 14.6 Å². The minimum Gasteiger partial charge on any atom is -0.476 e. The van der Waals surface area contributed by atoms with Crippen LogP contribution in [0, 0.1) is 17.8 Å². The molecule has 0 spiro atoms. The van der Waals surface area contributed by atoms with E-state index in [-0.39, 0.29) is 17.8 Å². The van der Waals surface area contributed by atoms with Crippen molar-refractivity contribution < 1.29 is 14.5 Å². The van der Waals surface area contributed by atoms with Gasteiger partial charge in [0.25, 0.3) is 0 Å². The number of nitrogens with zero attached hydrogens (tertiary/aromatic N) is 5. The second-order valence-corrected chi connectivity index (χ2v) is 7.88. The van der Waals surface area contributed by atoms with Crippen molar-refractivity contribution in [3.63, 3.8) is 0 Å². The molecule has 0 amide bonds. The fourth-order valence-electron chi connectivity index (χ4n) is 2.70. The molecule has 10 nitrogen and oxygen atoms in total. The van der Waals surface area contributed by atoms with E-state index in [1.54, 1.807) is 19.9 Å². The summed E-state index contributed by atoms with van der Waals surface area (Å²) in [6, 6.07) is 1.64. The molecule has 3 rings (SSSR count). The monoisotopic (exact) mass is 413 g/mol. The molecule has 0 aliphatic rings. The predicted octanol–water partition coefficient (Wildman–Crippen LogP) is 1.57. The smallest absolute Gasteiger partial charge is 0.216 e. The van der Waals surface area contributed by atoms with E-state index in [2.05, 4.69) is 32.1 Å². The van der Waals surface area contributed by atoms with E-state index in [1.807, 2.05) is 25.3 Å². The summed E-state index contributed by atoms with van der Waals surface area (Å²) in [4.78, 5) is 9.14. The van der Waals surface area contributed by atoms with Crippen molar-refractivity contribution in [2.45, 2.75) is 52.8 Å². The number of ether oxygens (including phenoxy) is 1. The average molecular weight is 413 g/mol. The molecule has 160 valence electrons. The van der Waals surface area contributed by atoms with Crippen LogP contribution in [-0.2, 0) is 6.54 Å². The zero-order valence-electron chi connectivity index (χ0n) is 17.8. The molecule has 3 aromatic heterocycles. The van der Waals surface area contributed by atoms with E-state index < -0.39 is 5.60 Å². The Hall–Kier alpha value is -3.16. The molecule has 5 N–H and O–H groups in total. The van der Waals surface area contributed by atoms with Crippen LogP contribution in [-0.4, -0.2) is 48.2 Å². The molecule has 0 saturated heterocycles. The molecule has 0 radical (unpaired) electrons. The largest absolute Gasteiger partial charge is 0.476 e. The molecule has 1 atom stereocenters. The van der Waals surface area contributed by atoms with Crippen LogP contribution in [0.15, 0.2) is 10.7 Å². The van der Waals surface area contributed by atoms with Crippen molar-refractivity contribution in [3.8, 4) is 29.2 Å². The van der Waals surface area contributed by atoms with E-state index >= 15 is 0 Å². The minimum absolute atomic E-state index is 0.136. The number of anilines is 1. The number of nitrogens with two attached hydrogens (primary N) is 2. The van der Waals surface area contributed by atoms with Gasteiger partial charge in [-0.1, -0.05) is 19.8 Å². The SMILES string of the molecule is CCn1c(-c2nonc2N)nc2c(C#CC(C)(C)O)nc(OC[C@H](N)C(C)C)cc21. The summed E-state index contributed by atoms with van der Waals surface area (Å²) in [7, 11) is 0. The summed E-state index contributed by atoms with van der Waals surface area (Å²) < 4.78 is 12.5. The lowest BCUT2D eigenvalue weighted by atomic mass is 10.1. The van der Waals surface area contributed by atoms with Crippen LogP contribution in [0.3, 0.4) is 0 Å². The number of aryl methyl sites for hydroxylation is 1. The van der Waals surface area contributed by atoms with Gasteiger partial charge in [-0.15, -0.1) is 0 Å². The third-order valence-corrected chi connectivity index (χ3v) is 4.52. The number of aliphatic hydroxyl groups is 1. The van der Waals surface area contributed by atoms with Crippen LogP contribution in [0.1, 0.15) is 40.3 Å². The normalized spacial score (nSPS) is 12.8. The molecule has 0 aliphatic carbocycles. The Morgan fingerprint density at radius 2 is 2.03 bits per heavy atom. The average Bonchev–Trinajstić information content (AvgIpc) is 3.25. The van der Waals surface area contributed by atoms with Crippen LogP contribution in [0.5, 0.6) is 5.88 Å². The van der Waals surface area contributed by atoms with Gasteiger partial charge in [0.15, 0.2) is 17.3 Å². The lowest BCUT2D eigenvalue weighted by Crippen LogP contribution is -2.33. The molecule has 0 aliphatic heterocycles. The van der Waals surface area contributed by atoms with E-state index in [0.29, 0.717) is 41.8 Å². The Bertz CT molecular complexity index is 1100. The first kappa shape index (κ1) is 21.5. The van der Waals surface area contributed by atoms with Crippen LogP contribution in [0.2, 0.25) is 0 Å². The number of hydrogen-bond acceptors (Lipinski definition) is 9. The first-order chi connectivity index (χ1) is 14.1. The Balaban J connectivity index is 2.18. The summed E-state index contributed by atoms with van der Waals surface area (Å²) in [6.45, 7) is 10.1. The lowest BCUT2D eigenvalue weighted by Gasteiger charge is -2.16. The van der Waals surface area contributed by atoms with Gasteiger partial charge in [-0.3, -0.25) is 0 Å². The molecule has 0 unspecified atom stereocenters. The predicted molar refractivity (Wildman–Crippen MR) is 112 cm³/mol. The second kappa shape index (κ2) is 8.30. The molecule has 0 aromatic carbocycles. The lowest BCUT2D eigenvalue weighted by molar-refractivity contribution is 0.143. The van der Waals surface area contributed by atoms with Crippen LogP contribution >= 0.6 is 0 Å². The summed E-state index contributed by atoms with van der Waals surface area (Å²) in [5.41, 5.74) is 12.8. The van der Waals surface area contributed by atoms with Crippen LogP contribution in [0.4, 0.5) is 5.82 Å². The van der Waals surface area contributed by atoms with Crippen molar-refractivity contribution in [2.24, 2.45) is 11.7 Å². The Morgan fingerprint density at radius 3 is 2.60 bits per heavy atom. The van der Waals surface area contributed by atoms with E-state index in [0.717, 1.165) is 5.52 Å². The molecule has 3 aromatic rings. The Morgan fingerprint density at radius 1 is 1.30 bits per heavy atom. The number of hydrogen-bond donors (Lipinski definition) is 3. The number of rotatable bonds is 6. The summed E-state index contributed by atoms with van der Waals surface area (Å²) >= 11 is 0. The standard InChI is InChI=1S/C20H27N7O3/c1-6-27-14-9-15(29-10-12(21)11(2)3)23-13(7-8-20(4,5)28)16(14)24-19(27)17-18(22)26-30-25-17/h9,11-12,28H,6,10,21H2,1-5H3,(H2,22,26)/t12-/m0/s1. The third kappa shape index (κ3) is 4.53. The van der Waals surface area contributed by atoms with Gasteiger partial charge in [0.2, 0.25) is 5.88 Å². The third-order valence-electron chi connectivity index (χ3n) is 4.52. The maximum absolute atomic E-state index is 10.0. The fraction of sp³-hybridized carbons (Fsp3) is 0.500. The Kier molecular flexibility index (Phi) is 5.96. The zero-order valence-corrected chi connectivity index (χ0v) is 17.8. The van der Waals surface area contributed by atoms with Gasteiger partial charge < -0.3 is 25.9 Å².